The lowest BCUT2D eigenvalue weighted by Crippen LogP contribution is -2.30. The Hall–Kier alpha value is -2.51. The Morgan fingerprint density at radius 3 is 2.42 bits per heavy atom. The lowest BCUT2D eigenvalue weighted by atomic mass is 10.2. The molecule has 0 aliphatic carbocycles. The molecule has 0 fully saturated rings. The Balaban J connectivity index is 1.68. The van der Waals surface area contributed by atoms with Crippen molar-refractivity contribution in [2.45, 2.75) is 13.8 Å². The molecule has 0 atom stereocenters. The minimum Gasteiger partial charge on any atom is -0.266 e. The third kappa shape index (κ3) is 3.87. The van der Waals surface area contributed by atoms with Crippen molar-refractivity contribution in [2.75, 3.05) is 5.43 Å². The van der Waals surface area contributed by atoms with Gasteiger partial charge in [-0.2, -0.15) is 0 Å². The van der Waals surface area contributed by atoms with Crippen LogP contribution in [0.5, 0.6) is 0 Å². The van der Waals surface area contributed by atoms with Crippen LogP contribution in [0.3, 0.4) is 0 Å². The molecule has 2 N–H and O–H groups in total. The van der Waals surface area contributed by atoms with Crippen molar-refractivity contribution in [3.63, 3.8) is 0 Å². The minimum absolute atomic E-state index is 0.321. The molecule has 0 radical (unpaired) electrons. The van der Waals surface area contributed by atoms with Gasteiger partial charge in [-0.15, -0.1) is 11.3 Å². The van der Waals surface area contributed by atoms with Crippen LogP contribution in [0.15, 0.2) is 35.7 Å². The number of hydrogen-bond donors (Lipinski definition) is 2. The maximum atomic E-state index is 12.2. The number of aromatic nitrogens is 3. The van der Waals surface area contributed by atoms with Crippen LogP contribution in [0.25, 0.3) is 10.6 Å². The van der Waals surface area contributed by atoms with E-state index in [0.29, 0.717) is 16.7 Å². The second-order valence-electron chi connectivity index (χ2n) is 5.10. The molecule has 6 nitrogen and oxygen atoms in total. The molecule has 0 bridgehead atoms. The fourth-order valence-corrected chi connectivity index (χ4v) is 2.99. The van der Waals surface area contributed by atoms with Crippen LogP contribution >= 0.6 is 22.9 Å². The fraction of sp³-hybridized carbons (Fsp3) is 0.125. The first-order chi connectivity index (χ1) is 11.5. The first-order valence-electron chi connectivity index (χ1n) is 7.11. The summed E-state index contributed by atoms with van der Waals surface area (Å²) >= 11 is 7.26. The van der Waals surface area contributed by atoms with Crippen molar-refractivity contribution in [2.24, 2.45) is 0 Å². The Kier molecular flexibility index (Phi) is 4.73. The molecule has 24 heavy (non-hydrogen) atoms. The molecular formula is C16H14ClN5OS. The van der Waals surface area contributed by atoms with Gasteiger partial charge in [0.15, 0.2) is 0 Å². The second-order valence-corrected chi connectivity index (χ2v) is 6.39. The summed E-state index contributed by atoms with van der Waals surface area (Å²) < 4.78 is 0. The maximum Gasteiger partial charge on any atom is 0.289 e. The Bertz CT molecular complexity index is 858. The largest absolute Gasteiger partial charge is 0.289 e. The van der Waals surface area contributed by atoms with Gasteiger partial charge in [0.25, 0.3) is 5.91 Å². The van der Waals surface area contributed by atoms with E-state index in [-0.39, 0.29) is 5.91 Å². The summed E-state index contributed by atoms with van der Waals surface area (Å²) in [4.78, 5) is 24.9. The second kappa shape index (κ2) is 6.94. The van der Waals surface area contributed by atoms with Crippen LogP contribution < -0.4 is 10.9 Å². The number of benzene rings is 1. The first-order valence-corrected chi connectivity index (χ1v) is 8.37. The van der Waals surface area contributed by atoms with Gasteiger partial charge in [0.1, 0.15) is 10.7 Å². The van der Waals surface area contributed by atoms with Gasteiger partial charge in [-0.1, -0.05) is 23.7 Å². The molecule has 1 amide bonds. The van der Waals surface area contributed by atoms with E-state index in [4.69, 9.17) is 11.6 Å². The number of aryl methyl sites for hydroxylation is 2. The molecule has 0 saturated heterocycles. The van der Waals surface area contributed by atoms with Gasteiger partial charge >= 0.3 is 0 Å². The molecule has 0 aliphatic heterocycles. The summed E-state index contributed by atoms with van der Waals surface area (Å²) in [6.07, 6.45) is 0. The summed E-state index contributed by atoms with van der Waals surface area (Å²) in [7, 11) is 0. The summed E-state index contributed by atoms with van der Waals surface area (Å²) in [5, 5.41) is 3.11. The number of nitrogens with zero attached hydrogens (tertiary/aromatic N) is 3. The third-order valence-corrected chi connectivity index (χ3v) is 4.24. The molecule has 0 aliphatic rings. The van der Waals surface area contributed by atoms with E-state index >= 15 is 0 Å². The zero-order valence-corrected chi connectivity index (χ0v) is 14.6. The van der Waals surface area contributed by atoms with Gasteiger partial charge in [-0.25, -0.2) is 15.0 Å². The van der Waals surface area contributed by atoms with Crippen LogP contribution in [0, 0.1) is 13.8 Å². The molecule has 2 aromatic heterocycles. The maximum absolute atomic E-state index is 12.2. The average Bonchev–Trinajstić information content (AvgIpc) is 3.02. The number of halogens is 1. The number of carbonyl (C=O) groups excluding carboxylic acids is 1. The molecular weight excluding hydrogens is 346 g/mol. The van der Waals surface area contributed by atoms with Crippen LogP contribution in [-0.4, -0.2) is 20.9 Å². The topological polar surface area (TPSA) is 79.8 Å². The lowest BCUT2D eigenvalue weighted by Gasteiger charge is -2.06. The van der Waals surface area contributed by atoms with Crippen LogP contribution in [0.2, 0.25) is 5.02 Å². The number of rotatable bonds is 4. The molecule has 1 aromatic carbocycles. The van der Waals surface area contributed by atoms with E-state index in [9.17, 15) is 4.79 Å². The van der Waals surface area contributed by atoms with Gasteiger partial charge in [0, 0.05) is 27.4 Å². The highest BCUT2D eigenvalue weighted by Crippen LogP contribution is 2.25. The third-order valence-electron chi connectivity index (χ3n) is 3.10. The van der Waals surface area contributed by atoms with Gasteiger partial charge in [0.05, 0.1) is 0 Å². The van der Waals surface area contributed by atoms with Gasteiger partial charge < -0.3 is 0 Å². The summed E-state index contributed by atoms with van der Waals surface area (Å²) in [6, 6.07) is 9.16. The normalized spacial score (nSPS) is 10.5. The number of amides is 1. The summed E-state index contributed by atoms with van der Waals surface area (Å²) in [5.74, 6) is -0.0109. The van der Waals surface area contributed by atoms with Crippen molar-refractivity contribution in [1.29, 1.82) is 0 Å². The first kappa shape index (κ1) is 16.4. The van der Waals surface area contributed by atoms with Crippen molar-refractivity contribution < 1.29 is 4.79 Å². The summed E-state index contributed by atoms with van der Waals surface area (Å²) in [6.45, 7) is 3.72. The molecule has 2 heterocycles. The Morgan fingerprint density at radius 2 is 1.75 bits per heavy atom. The standard InChI is InChI=1S/C16H14ClN5OS/c1-9-7-10(2)19-16(18-9)22-21-14(23)13-8-24-15(20-13)11-3-5-12(17)6-4-11/h3-8H,1-2H3,(H,21,23)(H,18,19,22). The Morgan fingerprint density at radius 1 is 1.08 bits per heavy atom. The Labute approximate surface area is 147 Å². The van der Waals surface area contributed by atoms with Crippen LogP contribution in [0.4, 0.5) is 5.95 Å². The van der Waals surface area contributed by atoms with Crippen molar-refractivity contribution in [3.05, 3.63) is 57.8 Å². The molecule has 3 rings (SSSR count). The fourth-order valence-electron chi connectivity index (χ4n) is 2.06. The lowest BCUT2D eigenvalue weighted by molar-refractivity contribution is 0.0958. The monoisotopic (exact) mass is 359 g/mol. The average molecular weight is 360 g/mol. The van der Waals surface area contributed by atoms with Crippen molar-refractivity contribution in [1.82, 2.24) is 20.4 Å². The number of thiazole rings is 1. The van der Waals surface area contributed by atoms with E-state index in [1.165, 1.54) is 11.3 Å². The van der Waals surface area contributed by atoms with E-state index in [0.717, 1.165) is 22.0 Å². The smallest absolute Gasteiger partial charge is 0.266 e. The number of anilines is 1. The SMILES string of the molecule is Cc1cc(C)nc(NNC(=O)c2csc(-c3ccc(Cl)cc3)n2)n1. The van der Waals surface area contributed by atoms with Gasteiger partial charge in [0.2, 0.25) is 5.95 Å². The number of hydrogen-bond acceptors (Lipinski definition) is 6. The minimum atomic E-state index is -0.353. The van der Waals surface area contributed by atoms with Crippen molar-refractivity contribution >= 4 is 34.8 Å². The molecule has 0 saturated carbocycles. The quantitative estimate of drug-likeness (QED) is 0.695. The molecule has 0 unspecified atom stereocenters. The molecule has 3 aromatic rings. The zero-order valence-electron chi connectivity index (χ0n) is 13.0. The summed E-state index contributed by atoms with van der Waals surface area (Å²) in [5.41, 5.74) is 8.13. The molecule has 0 spiro atoms. The highest BCUT2D eigenvalue weighted by Gasteiger charge is 2.12. The van der Waals surface area contributed by atoms with Gasteiger partial charge in [-0.05, 0) is 32.0 Å². The van der Waals surface area contributed by atoms with Crippen molar-refractivity contribution in [3.8, 4) is 10.6 Å². The van der Waals surface area contributed by atoms with E-state index in [2.05, 4.69) is 25.8 Å². The van der Waals surface area contributed by atoms with Crippen LogP contribution in [-0.2, 0) is 0 Å². The van der Waals surface area contributed by atoms with Gasteiger partial charge in [-0.3, -0.25) is 15.6 Å². The van der Waals surface area contributed by atoms with E-state index < -0.39 is 0 Å². The van der Waals surface area contributed by atoms with E-state index in [1.807, 2.05) is 32.0 Å². The predicted octanol–water partition coefficient (Wildman–Crippen LogP) is 3.63. The predicted molar refractivity (Wildman–Crippen MR) is 95.2 cm³/mol. The highest BCUT2D eigenvalue weighted by molar-refractivity contribution is 7.13. The molecule has 122 valence electrons. The molecule has 8 heteroatoms. The number of carbonyl (C=O) groups is 1. The number of nitrogens with one attached hydrogen (secondary N) is 2. The zero-order chi connectivity index (χ0) is 17.1. The van der Waals surface area contributed by atoms with Crippen LogP contribution in [0.1, 0.15) is 21.9 Å². The van der Waals surface area contributed by atoms with E-state index in [1.54, 1.807) is 17.5 Å². The highest BCUT2D eigenvalue weighted by atomic mass is 35.5. The number of hydrazine groups is 1.